The van der Waals surface area contributed by atoms with Crippen LogP contribution in [0.2, 0.25) is 0 Å². The average Bonchev–Trinajstić information content (AvgIpc) is 2.94. The van der Waals surface area contributed by atoms with Crippen LogP contribution in [0.4, 0.5) is 22.7 Å². The van der Waals surface area contributed by atoms with E-state index in [-0.39, 0.29) is 0 Å². The molecule has 0 unspecified atom stereocenters. The summed E-state index contributed by atoms with van der Waals surface area (Å²) in [6, 6.07) is 41.2. The molecule has 0 amide bonds. The monoisotopic (exact) mass is 472 g/mol. The third-order valence-corrected chi connectivity index (χ3v) is 6.10. The highest BCUT2D eigenvalue weighted by Crippen LogP contribution is 2.40. The Balaban J connectivity index is 1.53. The van der Waals surface area contributed by atoms with Gasteiger partial charge in [-0.25, -0.2) is 0 Å². The number of hydrogen-bond donors (Lipinski definition) is 2. The van der Waals surface area contributed by atoms with Gasteiger partial charge in [0, 0.05) is 33.9 Å². The lowest BCUT2D eigenvalue weighted by Gasteiger charge is -2.18. The number of methoxy groups -OCH3 is 2. The van der Waals surface area contributed by atoms with Crippen LogP contribution in [0.3, 0.4) is 0 Å². The highest BCUT2D eigenvalue weighted by atomic mass is 16.5. The van der Waals surface area contributed by atoms with E-state index in [0.717, 1.165) is 56.5 Å². The summed E-state index contributed by atoms with van der Waals surface area (Å²) in [6.07, 6.45) is 0. The van der Waals surface area contributed by atoms with E-state index < -0.39 is 0 Å². The van der Waals surface area contributed by atoms with Crippen LogP contribution in [0, 0.1) is 0 Å². The van der Waals surface area contributed by atoms with Crippen LogP contribution in [0.25, 0.3) is 22.3 Å². The summed E-state index contributed by atoms with van der Waals surface area (Å²) in [4.78, 5) is 0. The largest absolute Gasteiger partial charge is 0.497 e. The molecule has 0 radical (unpaired) electrons. The van der Waals surface area contributed by atoms with Gasteiger partial charge in [0.1, 0.15) is 11.5 Å². The first-order chi connectivity index (χ1) is 17.7. The molecular weight excluding hydrogens is 444 g/mol. The maximum absolute atomic E-state index is 5.30. The molecule has 0 saturated heterocycles. The van der Waals surface area contributed by atoms with Crippen molar-refractivity contribution in [1.82, 2.24) is 0 Å². The number of rotatable bonds is 8. The zero-order valence-electron chi connectivity index (χ0n) is 20.4. The number of nitrogens with one attached hydrogen (secondary N) is 2. The molecule has 0 fully saturated rings. The maximum Gasteiger partial charge on any atom is 0.119 e. The zero-order chi connectivity index (χ0) is 24.7. The molecule has 0 atom stereocenters. The Labute approximate surface area is 212 Å². The Kier molecular flexibility index (Phi) is 6.86. The highest BCUT2D eigenvalue weighted by Gasteiger charge is 2.14. The minimum atomic E-state index is 0.833. The van der Waals surface area contributed by atoms with Gasteiger partial charge in [-0.15, -0.1) is 0 Å². The summed E-state index contributed by atoms with van der Waals surface area (Å²) in [5.74, 6) is 1.67. The molecule has 0 aliphatic carbocycles. The first-order valence-corrected chi connectivity index (χ1v) is 11.8. The molecule has 0 bridgehead atoms. The number of ether oxygens (including phenoxy) is 2. The van der Waals surface area contributed by atoms with Crippen molar-refractivity contribution in [3.05, 3.63) is 121 Å². The van der Waals surface area contributed by atoms with E-state index in [1.54, 1.807) is 14.2 Å². The van der Waals surface area contributed by atoms with E-state index in [1.807, 2.05) is 48.5 Å². The SMILES string of the molecule is COc1ccc(Nc2ccccc2-c2ccccc2-c2ccccc2Nc2ccc(OC)cc2)cc1. The Morgan fingerprint density at radius 2 is 0.722 bits per heavy atom. The van der Waals surface area contributed by atoms with Gasteiger partial charge in [-0.3, -0.25) is 0 Å². The van der Waals surface area contributed by atoms with E-state index in [2.05, 4.69) is 83.4 Å². The van der Waals surface area contributed by atoms with Crippen molar-refractivity contribution < 1.29 is 9.47 Å². The molecule has 0 spiro atoms. The second-order valence-corrected chi connectivity index (χ2v) is 8.34. The molecule has 178 valence electrons. The van der Waals surface area contributed by atoms with Gasteiger partial charge in [0.05, 0.1) is 14.2 Å². The van der Waals surface area contributed by atoms with Gasteiger partial charge < -0.3 is 20.1 Å². The van der Waals surface area contributed by atoms with Crippen molar-refractivity contribution in [2.24, 2.45) is 0 Å². The summed E-state index contributed by atoms with van der Waals surface area (Å²) in [5, 5.41) is 7.17. The van der Waals surface area contributed by atoms with Crippen LogP contribution in [0.1, 0.15) is 0 Å². The fourth-order valence-electron chi connectivity index (χ4n) is 4.27. The van der Waals surface area contributed by atoms with E-state index in [1.165, 1.54) is 0 Å². The van der Waals surface area contributed by atoms with Gasteiger partial charge in [-0.05, 0) is 71.8 Å². The van der Waals surface area contributed by atoms with Crippen LogP contribution < -0.4 is 20.1 Å². The van der Waals surface area contributed by atoms with Gasteiger partial charge in [0.25, 0.3) is 0 Å². The standard InChI is InChI=1S/C32H28N2O2/c1-35-25-19-15-23(16-20-25)33-31-13-7-5-11-29(31)27-9-3-4-10-28(27)30-12-6-8-14-32(30)34-24-17-21-26(36-2)22-18-24/h3-22,33-34H,1-2H3. The predicted molar refractivity (Wildman–Crippen MR) is 150 cm³/mol. The molecule has 5 aromatic carbocycles. The lowest BCUT2D eigenvalue weighted by Crippen LogP contribution is -1.97. The van der Waals surface area contributed by atoms with Crippen LogP contribution in [0.15, 0.2) is 121 Å². The zero-order valence-corrected chi connectivity index (χ0v) is 20.4. The molecule has 36 heavy (non-hydrogen) atoms. The molecule has 0 heterocycles. The van der Waals surface area contributed by atoms with E-state index in [9.17, 15) is 0 Å². The lowest BCUT2D eigenvalue weighted by atomic mass is 9.92. The molecule has 5 rings (SSSR count). The molecule has 4 heteroatoms. The van der Waals surface area contributed by atoms with E-state index in [0.29, 0.717) is 0 Å². The summed E-state index contributed by atoms with van der Waals surface area (Å²) in [5.41, 5.74) is 8.64. The number of hydrogen-bond acceptors (Lipinski definition) is 4. The van der Waals surface area contributed by atoms with Crippen molar-refractivity contribution >= 4 is 22.7 Å². The minimum Gasteiger partial charge on any atom is -0.497 e. The van der Waals surface area contributed by atoms with Crippen molar-refractivity contribution in [3.63, 3.8) is 0 Å². The number of anilines is 4. The van der Waals surface area contributed by atoms with Crippen molar-refractivity contribution in [3.8, 4) is 33.8 Å². The molecule has 2 N–H and O–H groups in total. The van der Waals surface area contributed by atoms with Crippen molar-refractivity contribution in [1.29, 1.82) is 0 Å². The highest BCUT2D eigenvalue weighted by molar-refractivity contribution is 5.94. The number of para-hydroxylation sites is 2. The van der Waals surface area contributed by atoms with Gasteiger partial charge >= 0.3 is 0 Å². The third-order valence-electron chi connectivity index (χ3n) is 6.10. The Morgan fingerprint density at radius 3 is 1.08 bits per heavy atom. The Bertz CT molecular complexity index is 1330. The third kappa shape index (κ3) is 5.03. The second-order valence-electron chi connectivity index (χ2n) is 8.34. The summed E-state index contributed by atoms with van der Waals surface area (Å²) >= 11 is 0. The maximum atomic E-state index is 5.30. The normalized spacial score (nSPS) is 10.5. The topological polar surface area (TPSA) is 42.5 Å². The second kappa shape index (κ2) is 10.7. The van der Waals surface area contributed by atoms with E-state index >= 15 is 0 Å². The fraction of sp³-hybridized carbons (Fsp3) is 0.0625. The van der Waals surface area contributed by atoms with Crippen molar-refractivity contribution in [2.45, 2.75) is 0 Å². The average molecular weight is 473 g/mol. The molecular formula is C32H28N2O2. The summed E-state index contributed by atoms with van der Waals surface area (Å²) in [6.45, 7) is 0. The minimum absolute atomic E-state index is 0.833. The fourth-order valence-corrected chi connectivity index (χ4v) is 4.27. The first kappa shape index (κ1) is 23.1. The van der Waals surface area contributed by atoms with Crippen LogP contribution in [0.5, 0.6) is 11.5 Å². The molecule has 4 nitrogen and oxygen atoms in total. The molecule has 0 aliphatic rings. The smallest absolute Gasteiger partial charge is 0.119 e. The van der Waals surface area contributed by atoms with Gasteiger partial charge in [-0.2, -0.15) is 0 Å². The Hall–Kier alpha value is -4.70. The molecule has 5 aromatic rings. The van der Waals surface area contributed by atoms with Crippen LogP contribution >= 0.6 is 0 Å². The molecule has 0 saturated carbocycles. The van der Waals surface area contributed by atoms with Crippen LogP contribution in [-0.2, 0) is 0 Å². The van der Waals surface area contributed by atoms with Crippen LogP contribution in [-0.4, -0.2) is 14.2 Å². The quantitative estimate of drug-likeness (QED) is 0.237. The van der Waals surface area contributed by atoms with Gasteiger partial charge in [-0.1, -0.05) is 60.7 Å². The number of benzene rings is 5. The molecule has 0 aromatic heterocycles. The summed E-state index contributed by atoms with van der Waals surface area (Å²) < 4.78 is 10.6. The van der Waals surface area contributed by atoms with Crippen molar-refractivity contribution in [2.75, 3.05) is 24.9 Å². The molecule has 0 aliphatic heterocycles. The van der Waals surface area contributed by atoms with E-state index in [4.69, 9.17) is 9.47 Å². The summed E-state index contributed by atoms with van der Waals surface area (Å²) in [7, 11) is 3.35. The van der Waals surface area contributed by atoms with Gasteiger partial charge in [0.2, 0.25) is 0 Å². The first-order valence-electron chi connectivity index (χ1n) is 11.8. The Morgan fingerprint density at radius 1 is 0.389 bits per heavy atom. The predicted octanol–water partition coefficient (Wildman–Crippen LogP) is 8.53. The van der Waals surface area contributed by atoms with Gasteiger partial charge in [0.15, 0.2) is 0 Å². The lowest BCUT2D eigenvalue weighted by molar-refractivity contribution is 0.415.